The first-order chi connectivity index (χ1) is 10.1. The zero-order valence-electron chi connectivity index (χ0n) is 13.0. The lowest BCUT2D eigenvalue weighted by Crippen LogP contribution is -2.48. The summed E-state index contributed by atoms with van der Waals surface area (Å²) in [5.74, 6) is -0.0504. The molecule has 2 aliphatic heterocycles. The van der Waals surface area contributed by atoms with Crippen LogP contribution in [0, 0.1) is 5.92 Å². The minimum absolute atomic E-state index is 0.136. The summed E-state index contributed by atoms with van der Waals surface area (Å²) in [6.07, 6.45) is 1.21. The Morgan fingerprint density at radius 2 is 2.10 bits per heavy atom. The van der Waals surface area contributed by atoms with Crippen molar-refractivity contribution in [3.05, 3.63) is 35.9 Å². The van der Waals surface area contributed by atoms with Gasteiger partial charge in [-0.25, -0.2) is 0 Å². The third-order valence-electron chi connectivity index (χ3n) is 4.75. The standard InChI is InChI=1S/C17H26N2O2/c1-13-10-19(9-8-16(13)18)11-15-12-20-17(2,21-15)14-6-4-3-5-7-14/h3-7,13,15-16H,8-12,18H2,1-2H3. The van der Waals surface area contributed by atoms with Crippen LogP contribution in [0.3, 0.4) is 0 Å². The zero-order chi connectivity index (χ0) is 14.9. The minimum atomic E-state index is -0.607. The lowest BCUT2D eigenvalue weighted by atomic mass is 9.95. The van der Waals surface area contributed by atoms with Gasteiger partial charge in [-0.2, -0.15) is 0 Å². The van der Waals surface area contributed by atoms with E-state index < -0.39 is 5.79 Å². The van der Waals surface area contributed by atoms with Crippen LogP contribution in [0.1, 0.15) is 25.8 Å². The Hall–Kier alpha value is -0.940. The Balaban J connectivity index is 1.58. The van der Waals surface area contributed by atoms with Crippen molar-refractivity contribution in [1.29, 1.82) is 0 Å². The molecule has 3 rings (SSSR count). The third-order valence-corrected chi connectivity index (χ3v) is 4.75. The van der Waals surface area contributed by atoms with Gasteiger partial charge in [0.25, 0.3) is 0 Å². The molecule has 4 nitrogen and oxygen atoms in total. The second-order valence-corrected chi connectivity index (χ2v) is 6.55. The molecular formula is C17H26N2O2. The van der Waals surface area contributed by atoms with Crippen molar-refractivity contribution in [3.8, 4) is 0 Å². The van der Waals surface area contributed by atoms with Crippen molar-refractivity contribution in [2.45, 2.75) is 38.2 Å². The van der Waals surface area contributed by atoms with Gasteiger partial charge in [0.05, 0.1) is 12.7 Å². The van der Waals surface area contributed by atoms with Crippen molar-refractivity contribution < 1.29 is 9.47 Å². The van der Waals surface area contributed by atoms with Gasteiger partial charge in [-0.3, -0.25) is 0 Å². The molecule has 0 aromatic heterocycles. The molecule has 2 fully saturated rings. The predicted octanol–water partition coefficient (Wildman–Crippen LogP) is 1.94. The van der Waals surface area contributed by atoms with Gasteiger partial charge in [-0.05, 0) is 25.8 Å². The van der Waals surface area contributed by atoms with E-state index in [9.17, 15) is 0 Å². The summed E-state index contributed by atoms with van der Waals surface area (Å²) in [4.78, 5) is 2.46. The molecule has 2 N–H and O–H groups in total. The number of nitrogens with two attached hydrogens (primary N) is 1. The zero-order valence-corrected chi connectivity index (χ0v) is 13.0. The largest absolute Gasteiger partial charge is 0.343 e. The number of hydrogen-bond acceptors (Lipinski definition) is 4. The topological polar surface area (TPSA) is 47.7 Å². The highest BCUT2D eigenvalue weighted by Crippen LogP contribution is 2.34. The van der Waals surface area contributed by atoms with E-state index in [1.807, 2.05) is 25.1 Å². The molecule has 116 valence electrons. The molecule has 4 heteroatoms. The smallest absolute Gasteiger partial charge is 0.192 e. The lowest BCUT2D eigenvalue weighted by molar-refractivity contribution is -0.164. The Kier molecular flexibility index (Phi) is 4.31. The second-order valence-electron chi connectivity index (χ2n) is 6.55. The summed E-state index contributed by atoms with van der Waals surface area (Å²) in [5.41, 5.74) is 7.17. The maximum absolute atomic E-state index is 6.20. The van der Waals surface area contributed by atoms with Gasteiger partial charge in [0.2, 0.25) is 0 Å². The molecule has 1 aromatic carbocycles. The van der Waals surface area contributed by atoms with Gasteiger partial charge in [0.15, 0.2) is 5.79 Å². The molecule has 2 heterocycles. The summed E-state index contributed by atoms with van der Waals surface area (Å²) in [5, 5.41) is 0. The molecule has 21 heavy (non-hydrogen) atoms. The van der Waals surface area contributed by atoms with Crippen LogP contribution in [-0.2, 0) is 15.3 Å². The molecule has 4 atom stereocenters. The molecule has 0 amide bonds. The van der Waals surface area contributed by atoms with Gasteiger partial charge in [-0.15, -0.1) is 0 Å². The van der Waals surface area contributed by atoms with E-state index in [-0.39, 0.29) is 6.10 Å². The molecule has 2 aliphatic rings. The number of benzene rings is 1. The normalized spacial score (nSPS) is 37.8. The van der Waals surface area contributed by atoms with Crippen LogP contribution >= 0.6 is 0 Å². The summed E-state index contributed by atoms with van der Waals surface area (Å²) >= 11 is 0. The summed E-state index contributed by atoms with van der Waals surface area (Å²) in [7, 11) is 0. The number of rotatable bonds is 3. The number of likely N-dealkylation sites (tertiary alicyclic amines) is 1. The first-order valence-electron chi connectivity index (χ1n) is 7.92. The Morgan fingerprint density at radius 3 is 2.81 bits per heavy atom. The lowest BCUT2D eigenvalue weighted by Gasteiger charge is -2.36. The summed E-state index contributed by atoms with van der Waals surface area (Å²) < 4.78 is 12.2. The number of hydrogen-bond donors (Lipinski definition) is 1. The fourth-order valence-corrected chi connectivity index (χ4v) is 3.32. The average molecular weight is 290 g/mol. The first kappa shape index (κ1) is 15.0. The van der Waals surface area contributed by atoms with Crippen molar-refractivity contribution in [2.24, 2.45) is 11.7 Å². The van der Waals surface area contributed by atoms with Crippen molar-refractivity contribution >= 4 is 0 Å². The van der Waals surface area contributed by atoms with Crippen molar-refractivity contribution in [3.63, 3.8) is 0 Å². The Morgan fingerprint density at radius 1 is 1.33 bits per heavy atom. The molecule has 0 spiro atoms. The molecule has 1 aromatic rings. The number of piperidine rings is 1. The maximum atomic E-state index is 6.20. The van der Waals surface area contributed by atoms with Crippen LogP contribution in [0.5, 0.6) is 0 Å². The maximum Gasteiger partial charge on any atom is 0.192 e. The van der Waals surface area contributed by atoms with Gasteiger partial charge in [-0.1, -0.05) is 37.3 Å². The highest BCUT2D eigenvalue weighted by Gasteiger charge is 2.39. The van der Waals surface area contributed by atoms with Gasteiger partial charge < -0.3 is 20.1 Å². The van der Waals surface area contributed by atoms with Crippen LogP contribution in [0.15, 0.2) is 30.3 Å². The third kappa shape index (κ3) is 3.29. The average Bonchev–Trinajstić information content (AvgIpc) is 2.87. The molecule has 0 aliphatic carbocycles. The first-order valence-corrected chi connectivity index (χ1v) is 7.92. The van der Waals surface area contributed by atoms with Gasteiger partial charge >= 0.3 is 0 Å². The molecule has 4 unspecified atom stereocenters. The van der Waals surface area contributed by atoms with Crippen LogP contribution in [0.2, 0.25) is 0 Å². The van der Waals surface area contributed by atoms with Crippen LogP contribution in [0.4, 0.5) is 0 Å². The van der Waals surface area contributed by atoms with E-state index in [0.717, 1.165) is 31.6 Å². The highest BCUT2D eigenvalue weighted by atomic mass is 16.7. The van der Waals surface area contributed by atoms with E-state index in [4.69, 9.17) is 15.2 Å². The van der Waals surface area contributed by atoms with Crippen molar-refractivity contribution in [2.75, 3.05) is 26.2 Å². The monoisotopic (exact) mass is 290 g/mol. The fraction of sp³-hybridized carbons (Fsp3) is 0.647. The Bertz CT molecular complexity index is 467. The fourth-order valence-electron chi connectivity index (χ4n) is 3.32. The van der Waals surface area contributed by atoms with E-state index in [0.29, 0.717) is 18.6 Å². The van der Waals surface area contributed by atoms with E-state index in [2.05, 4.69) is 24.0 Å². The van der Waals surface area contributed by atoms with E-state index >= 15 is 0 Å². The predicted molar refractivity (Wildman–Crippen MR) is 82.8 cm³/mol. The minimum Gasteiger partial charge on any atom is -0.343 e. The van der Waals surface area contributed by atoms with Crippen molar-refractivity contribution in [1.82, 2.24) is 4.90 Å². The van der Waals surface area contributed by atoms with Gasteiger partial charge in [0.1, 0.15) is 0 Å². The second kappa shape index (κ2) is 6.05. The summed E-state index contributed by atoms with van der Waals surface area (Å²) in [6, 6.07) is 10.5. The molecular weight excluding hydrogens is 264 g/mol. The van der Waals surface area contributed by atoms with E-state index in [1.165, 1.54) is 0 Å². The molecule has 0 radical (unpaired) electrons. The quantitative estimate of drug-likeness (QED) is 0.924. The summed E-state index contributed by atoms with van der Waals surface area (Å²) in [6.45, 7) is 7.95. The van der Waals surface area contributed by atoms with E-state index in [1.54, 1.807) is 0 Å². The molecule has 0 bridgehead atoms. The molecule has 0 saturated carbocycles. The van der Waals surface area contributed by atoms with Crippen LogP contribution in [0.25, 0.3) is 0 Å². The Labute approximate surface area is 127 Å². The number of nitrogens with zero attached hydrogens (tertiary/aromatic N) is 1. The van der Waals surface area contributed by atoms with Crippen LogP contribution in [-0.4, -0.2) is 43.3 Å². The highest BCUT2D eigenvalue weighted by molar-refractivity contribution is 5.20. The molecule has 2 saturated heterocycles. The SMILES string of the molecule is CC1CN(CC2COC(C)(c3ccccc3)O2)CCC1N. The van der Waals surface area contributed by atoms with Crippen LogP contribution < -0.4 is 5.73 Å². The van der Waals surface area contributed by atoms with Gasteiger partial charge in [0, 0.05) is 24.7 Å². The number of ether oxygens (including phenoxy) is 2.